The van der Waals surface area contributed by atoms with Crippen molar-refractivity contribution in [2.45, 2.75) is 0 Å². The highest BCUT2D eigenvalue weighted by Crippen LogP contribution is 2.44. The number of phenolic OH excluding ortho intramolecular Hbond substituents is 2. The first kappa shape index (κ1) is 21.6. The lowest BCUT2D eigenvalue weighted by molar-refractivity contribution is 0.381. The minimum Gasteiger partial charge on any atom is -0.507 e. The Labute approximate surface area is 177 Å². The zero-order chi connectivity index (χ0) is 22.8. The Morgan fingerprint density at radius 2 is 1.00 bits per heavy atom. The zero-order valence-corrected chi connectivity index (χ0v) is 16.5. The number of aromatic hydroxyl groups is 2. The third kappa shape index (κ3) is 4.71. The van der Waals surface area contributed by atoms with Gasteiger partial charge in [0.15, 0.2) is 0 Å². The maximum Gasteiger partial charge on any atom is 0.394 e. The van der Waals surface area contributed by atoms with E-state index < -0.39 is 10.4 Å². The molecule has 0 saturated heterocycles. The van der Waals surface area contributed by atoms with Crippen LogP contribution in [0.25, 0.3) is 32.7 Å². The van der Waals surface area contributed by atoms with Crippen LogP contribution in [0.15, 0.2) is 60.7 Å². The molecular weight excluding hydrogens is 420 g/mol. The number of hydrogen-bond acceptors (Lipinski definition) is 6. The van der Waals surface area contributed by atoms with Gasteiger partial charge in [-0.25, -0.2) is 0 Å². The van der Waals surface area contributed by atoms with Gasteiger partial charge in [-0.05, 0) is 57.9 Å². The zero-order valence-electron chi connectivity index (χ0n) is 15.7. The molecule has 4 aromatic rings. The summed E-state index contributed by atoms with van der Waals surface area (Å²) in [5.41, 5.74) is 2.05. The van der Waals surface area contributed by atoms with Crippen LogP contribution < -0.4 is 0 Å². The van der Waals surface area contributed by atoms with Gasteiger partial charge in [0.25, 0.3) is 0 Å². The summed E-state index contributed by atoms with van der Waals surface area (Å²) >= 11 is 0. The summed E-state index contributed by atoms with van der Waals surface area (Å²) in [5.74, 6) is 0.0729. The Morgan fingerprint density at radius 1 is 0.645 bits per heavy atom. The topological polar surface area (TPSA) is 163 Å². The Hall–Kier alpha value is -4.15. The van der Waals surface area contributed by atoms with Crippen molar-refractivity contribution in [1.82, 2.24) is 0 Å². The SMILES string of the molecule is N#Cc1ccc2c(-c3c(O)ccc4cc(C#N)ccc34)c(O)ccc2c1.O=S(=O)(O)O. The summed E-state index contributed by atoms with van der Waals surface area (Å²) in [4.78, 5) is 0. The highest BCUT2D eigenvalue weighted by atomic mass is 32.3. The normalized spacial score (nSPS) is 10.7. The number of rotatable bonds is 1. The lowest BCUT2D eigenvalue weighted by Gasteiger charge is -2.14. The van der Waals surface area contributed by atoms with E-state index in [-0.39, 0.29) is 11.5 Å². The van der Waals surface area contributed by atoms with Gasteiger partial charge >= 0.3 is 10.4 Å². The monoisotopic (exact) mass is 434 g/mol. The van der Waals surface area contributed by atoms with Gasteiger partial charge in [0.2, 0.25) is 0 Å². The molecule has 9 heteroatoms. The number of nitrogens with zero attached hydrogens (tertiary/aromatic N) is 2. The summed E-state index contributed by atoms with van der Waals surface area (Å²) in [5, 5.41) is 42.4. The largest absolute Gasteiger partial charge is 0.507 e. The van der Waals surface area contributed by atoms with Crippen LogP contribution in [-0.2, 0) is 10.4 Å². The number of benzene rings is 4. The lowest BCUT2D eigenvalue weighted by atomic mass is 9.91. The van der Waals surface area contributed by atoms with Crippen LogP contribution in [0.1, 0.15) is 11.1 Å². The molecule has 0 spiro atoms. The summed E-state index contributed by atoms with van der Waals surface area (Å²) in [7, 11) is -4.67. The lowest BCUT2D eigenvalue weighted by Crippen LogP contribution is -1.89. The molecule has 8 nitrogen and oxygen atoms in total. The number of nitriles is 2. The highest BCUT2D eigenvalue weighted by molar-refractivity contribution is 7.79. The number of phenols is 2. The van der Waals surface area contributed by atoms with Gasteiger partial charge in [-0.3, -0.25) is 9.11 Å². The smallest absolute Gasteiger partial charge is 0.394 e. The molecule has 4 rings (SSSR count). The van der Waals surface area contributed by atoms with E-state index in [1.165, 1.54) is 0 Å². The maximum atomic E-state index is 10.5. The van der Waals surface area contributed by atoms with E-state index in [2.05, 4.69) is 12.1 Å². The van der Waals surface area contributed by atoms with Crippen molar-refractivity contribution in [3.8, 4) is 34.8 Å². The van der Waals surface area contributed by atoms with Crippen LogP contribution >= 0.6 is 0 Å². The molecule has 154 valence electrons. The van der Waals surface area contributed by atoms with Gasteiger partial charge in [0, 0.05) is 11.1 Å². The van der Waals surface area contributed by atoms with E-state index in [0.29, 0.717) is 22.3 Å². The number of hydrogen-bond donors (Lipinski definition) is 4. The standard InChI is InChI=1S/C22H12N2O2.H2O4S/c23-11-13-1-5-17-15(9-13)3-7-19(25)21(17)22-18-6-2-14(12-24)10-16(18)4-8-20(22)26;1-5(2,3)4/h1-10,25-26H;(H2,1,2,3,4). The van der Waals surface area contributed by atoms with Crippen LogP contribution in [0, 0.1) is 22.7 Å². The molecule has 4 aromatic carbocycles. The van der Waals surface area contributed by atoms with Gasteiger partial charge < -0.3 is 10.2 Å². The van der Waals surface area contributed by atoms with Gasteiger partial charge in [-0.15, -0.1) is 0 Å². The molecule has 0 aromatic heterocycles. The molecule has 0 atom stereocenters. The Morgan fingerprint density at radius 3 is 1.32 bits per heavy atom. The van der Waals surface area contributed by atoms with E-state index in [9.17, 15) is 10.2 Å². The van der Waals surface area contributed by atoms with Crippen molar-refractivity contribution >= 4 is 31.9 Å². The van der Waals surface area contributed by atoms with E-state index >= 15 is 0 Å². The van der Waals surface area contributed by atoms with Crippen molar-refractivity contribution in [1.29, 1.82) is 10.5 Å². The first-order valence-corrected chi connectivity index (χ1v) is 10.0. The molecule has 0 saturated carbocycles. The van der Waals surface area contributed by atoms with E-state index in [0.717, 1.165) is 21.5 Å². The predicted molar refractivity (Wildman–Crippen MR) is 114 cm³/mol. The van der Waals surface area contributed by atoms with Crippen LogP contribution in [0.3, 0.4) is 0 Å². The number of fused-ring (bicyclic) bond motifs is 2. The van der Waals surface area contributed by atoms with Gasteiger partial charge in [-0.1, -0.05) is 24.3 Å². The summed E-state index contributed by atoms with van der Waals surface area (Å²) < 4.78 is 31.6. The van der Waals surface area contributed by atoms with Gasteiger partial charge in [0.05, 0.1) is 23.3 Å². The van der Waals surface area contributed by atoms with Crippen molar-refractivity contribution in [3.63, 3.8) is 0 Å². The molecule has 0 aliphatic rings. The minimum absolute atomic E-state index is 0.0365. The third-order valence-corrected chi connectivity index (χ3v) is 4.50. The van der Waals surface area contributed by atoms with Gasteiger partial charge in [-0.2, -0.15) is 18.9 Å². The van der Waals surface area contributed by atoms with Crippen LogP contribution in [0.4, 0.5) is 0 Å². The van der Waals surface area contributed by atoms with E-state index in [1.807, 2.05) is 0 Å². The Kier molecular flexibility index (Phi) is 5.77. The third-order valence-electron chi connectivity index (χ3n) is 4.50. The fourth-order valence-corrected chi connectivity index (χ4v) is 3.30. The second kappa shape index (κ2) is 8.30. The molecule has 31 heavy (non-hydrogen) atoms. The van der Waals surface area contributed by atoms with Gasteiger partial charge in [0.1, 0.15) is 11.5 Å². The Bertz CT molecular complexity index is 1410. The second-order valence-corrected chi connectivity index (χ2v) is 7.36. The fourth-order valence-electron chi connectivity index (χ4n) is 3.30. The molecule has 0 bridgehead atoms. The van der Waals surface area contributed by atoms with Crippen LogP contribution in [0.2, 0.25) is 0 Å². The molecule has 0 heterocycles. The van der Waals surface area contributed by atoms with Crippen molar-refractivity contribution in [3.05, 3.63) is 71.8 Å². The average Bonchev–Trinajstić information content (AvgIpc) is 2.72. The van der Waals surface area contributed by atoms with Crippen molar-refractivity contribution in [2.75, 3.05) is 0 Å². The predicted octanol–water partition coefficient (Wildman–Crippen LogP) is 4.16. The van der Waals surface area contributed by atoms with E-state index in [1.54, 1.807) is 60.7 Å². The quantitative estimate of drug-likeness (QED) is 0.324. The second-order valence-electron chi connectivity index (χ2n) is 6.46. The maximum absolute atomic E-state index is 10.5. The molecule has 0 radical (unpaired) electrons. The van der Waals surface area contributed by atoms with Crippen molar-refractivity contribution < 1.29 is 27.7 Å². The average molecular weight is 434 g/mol. The summed E-state index contributed by atoms with van der Waals surface area (Å²) in [6.07, 6.45) is 0. The first-order valence-electron chi connectivity index (χ1n) is 8.64. The molecule has 0 fully saturated rings. The Balaban J connectivity index is 0.000000491. The molecule has 0 amide bonds. The first-order chi connectivity index (χ1) is 14.6. The molecule has 0 aliphatic heterocycles. The van der Waals surface area contributed by atoms with Crippen LogP contribution in [-0.4, -0.2) is 27.7 Å². The molecular formula is C22H14N2O6S. The van der Waals surface area contributed by atoms with E-state index in [4.69, 9.17) is 28.0 Å². The molecule has 0 unspecified atom stereocenters. The minimum atomic E-state index is -4.67. The molecule has 0 aliphatic carbocycles. The summed E-state index contributed by atoms with van der Waals surface area (Å²) in [6.45, 7) is 0. The summed E-state index contributed by atoms with van der Waals surface area (Å²) in [6, 6.07) is 21.2. The molecule has 4 N–H and O–H groups in total. The fraction of sp³-hybridized carbons (Fsp3) is 0. The highest BCUT2D eigenvalue weighted by Gasteiger charge is 2.17. The van der Waals surface area contributed by atoms with Crippen molar-refractivity contribution in [2.24, 2.45) is 0 Å². The van der Waals surface area contributed by atoms with Crippen LogP contribution in [0.5, 0.6) is 11.5 Å².